The van der Waals surface area contributed by atoms with Gasteiger partial charge in [-0.1, -0.05) is 12.1 Å². The molecule has 0 amide bonds. The van der Waals surface area contributed by atoms with Gasteiger partial charge in [0.1, 0.15) is 0 Å². The lowest BCUT2D eigenvalue weighted by atomic mass is 10.0. The predicted molar refractivity (Wildman–Crippen MR) is 73.5 cm³/mol. The third kappa shape index (κ3) is 2.67. The van der Waals surface area contributed by atoms with Crippen LogP contribution in [0.2, 0.25) is 0 Å². The molecule has 1 aliphatic rings. The van der Waals surface area contributed by atoms with Crippen molar-refractivity contribution in [2.45, 2.75) is 24.3 Å². The molecule has 0 bridgehead atoms. The van der Waals surface area contributed by atoms with E-state index in [2.05, 4.69) is 4.90 Å². The van der Waals surface area contributed by atoms with E-state index in [-0.39, 0.29) is 6.04 Å². The Hall–Kier alpha value is -1.07. The van der Waals surface area contributed by atoms with E-state index in [1.807, 2.05) is 19.1 Å². The van der Waals surface area contributed by atoms with Gasteiger partial charge < -0.3 is 10.6 Å². The smallest absolute Gasteiger partial charge is 0.177 e. The summed E-state index contributed by atoms with van der Waals surface area (Å²) in [6, 6.07) is 7.34. The van der Waals surface area contributed by atoms with Crippen LogP contribution in [0.25, 0.3) is 0 Å². The Morgan fingerprint density at radius 3 is 2.61 bits per heavy atom. The van der Waals surface area contributed by atoms with Crippen molar-refractivity contribution in [1.82, 2.24) is 0 Å². The Labute approximate surface area is 109 Å². The van der Waals surface area contributed by atoms with Crippen LogP contribution < -0.4 is 10.6 Å². The maximum atomic E-state index is 11.8. The molecular formula is C13H20N2O2S. The van der Waals surface area contributed by atoms with Crippen LogP contribution in [0.1, 0.15) is 13.3 Å². The number of para-hydroxylation sites is 1. The lowest BCUT2D eigenvalue weighted by Crippen LogP contribution is -2.30. The molecule has 1 aromatic carbocycles. The summed E-state index contributed by atoms with van der Waals surface area (Å²) in [6.07, 6.45) is 2.28. The van der Waals surface area contributed by atoms with Gasteiger partial charge in [0.15, 0.2) is 9.84 Å². The standard InChI is InChI=1S/C13H20N2O2S/c1-10(14)11-7-8-15(9-11)12-5-3-4-6-13(12)18(2,16)17/h3-6,10-11H,7-9,14H2,1-2H3. The Morgan fingerprint density at radius 1 is 1.39 bits per heavy atom. The van der Waals surface area contributed by atoms with Crippen LogP contribution in [0, 0.1) is 5.92 Å². The van der Waals surface area contributed by atoms with Gasteiger partial charge in [-0.05, 0) is 31.4 Å². The molecule has 0 spiro atoms. The number of anilines is 1. The third-order valence-electron chi connectivity index (χ3n) is 3.57. The third-order valence-corrected chi connectivity index (χ3v) is 4.72. The van der Waals surface area contributed by atoms with E-state index in [0.29, 0.717) is 10.8 Å². The van der Waals surface area contributed by atoms with E-state index in [0.717, 1.165) is 25.2 Å². The minimum Gasteiger partial charge on any atom is -0.370 e. The van der Waals surface area contributed by atoms with Gasteiger partial charge >= 0.3 is 0 Å². The Kier molecular flexibility index (Phi) is 3.64. The molecule has 0 aliphatic carbocycles. The van der Waals surface area contributed by atoms with Crippen molar-refractivity contribution in [2.24, 2.45) is 11.7 Å². The molecule has 2 rings (SSSR count). The average molecular weight is 268 g/mol. The molecule has 4 nitrogen and oxygen atoms in total. The lowest BCUT2D eigenvalue weighted by molar-refractivity contribution is 0.488. The van der Waals surface area contributed by atoms with Crippen LogP contribution in [-0.4, -0.2) is 33.8 Å². The highest BCUT2D eigenvalue weighted by atomic mass is 32.2. The van der Waals surface area contributed by atoms with E-state index in [4.69, 9.17) is 5.73 Å². The van der Waals surface area contributed by atoms with Crippen LogP contribution in [0.15, 0.2) is 29.2 Å². The van der Waals surface area contributed by atoms with Crippen molar-refractivity contribution in [1.29, 1.82) is 0 Å². The van der Waals surface area contributed by atoms with Gasteiger partial charge in [-0.15, -0.1) is 0 Å². The first-order valence-electron chi connectivity index (χ1n) is 6.19. The van der Waals surface area contributed by atoms with Crippen molar-refractivity contribution in [3.8, 4) is 0 Å². The Morgan fingerprint density at radius 2 is 2.06 bits per heavy atom. The van der Waals surface area contributed by atoms with Crippen LogP contribution in [-0.2, 0) is 9.84 Å². The first-order chi connectivity index (χ1) is 8.39. The summed E-state index contributed by atoms with van der Waals surface area (Å²) in [5.41, 5.74) is 6.73. The monoisotopic (exact) mass is 268 g/mol. The van der Waals surface area contributed by atoms with Gasteiger partial charge in [-0.2, -0.15) is 0 Å². The Bertz CT molecular complexity index is 526. The van der Waals surface area contributed by atoms with E-state index in [9.17, 15) is 8.42 Å². The molecule has 0 radical (unpaired) electrons. The molecule has 1 aromatic rings. The van der Waals surface area contributed by atoms with E-state index in [1.165, 1.54) is 6.26 Å². The zero-order valence-corrected chi connectivity index (χ0v) is 11.7. The summed E-state index contributed by atoms with van der Waals surface area (Å²) >= 11 is 0. The molecule has 1 fully saturated rings. The number of nitrogens with two attached hydrogens (primary N) is 1. The number of nitrogens with zero attached hydrogens (tertiary/aromatic N) is 1. The molecular weight excluding hydrogens is 248 g/mol. The molecule has 2 unspecified atom stereocenters. The molecule has 2 atom stereocenters. The van der Waals surface area contributed by atoms with Crippen LogP contribution >= 0.6 is 0 Å². The van der Waals surface area contributed by atoms with E-state index >= 15 is 0 Å². The second-order valence-corrected chi connectivity index (χ2v) is 7.08. The molecule has 1 heterocycles. The summed E-state index contributed by atoms with van der Waals surface area (Å²) in [6.45, 7) is 3.72. The molecule has 1 saturated heterocycles. The largest absolute Gasteiger partial charge is 0.370 e. The summed E-state index contributed by atoms with van der Waals surface area (Å²) in [7, 11) is -3.18. The maximum Gasteiger partial charge on any atom is 0.177 e. The van der Waals surface area contributed by atoms with Crippen LogP contribution in [0.5, 0.6) is 0 Å². The molecule has 1 aliphatic heterocycles. The number of benzene rings is 1. The van der Waals surface area contributed by atoms with Gasteiger partial charge in [0.2, 0.25) is 0 Å². The van der Waals surface area contributed by atoms with Gasteiger partial charge in [-0.25, -0.2) is 8.42 Å². The second kappa shape index (κ2) is 4.90. The molecule has 5 heteroatoms. The summed E-state index contributed by atoms with van der Waals surface area (Å²) in [5, 5.41) is 0. The first kappa shape index (κ1) is 13.4. The summed E-state index contributed by atoms with van der Waals surface area (Å²) in [4.78, 5) is 2.54. The van der Waals surface area contributed by atoms with Crippen molar-refractivity contribution in [2.75, 3.05) is 24.2 Å². The lowest BCUT2D eigenvalue weighted by Gasteiger charge is -2.22. The molecule has 2 N–H and O–H groups in total. The van der Waals surface area contributed by atoms with Crippen molar-refractivity contribution >= 4 is 15.5 Å². The average Bonchev–Trinajstić information content (AvgIpc) is 2.77. The minimum atomic E-state index is -3.18. The number of hydrogen-bond acceptors (Lipinski definition) is 4. The second-order valence-electron chi connectivity index (χ2n) is 5.09. The van der Waals surface area contributed by atoms with Crippen LogP contribution in [0.4, 0.5) is 5.69 Å². The molecule has 0 aromatic heterocycles. The van der Waals surface area contributed by atoms with Gasteiger partial charge in [0, 0.05) is 25.4 Å². The van der Waals surface area contributed by atoms with E-state index in [1.54, 1.807) is 12.1 Å². The quantitative estimate of drug-likeness (QED) is 0.896. The number of rotatable bonds is 3. The number of sulfone groups is 1. The van der Waals surface area contributed by atoms with Gasteiger partial charge in [-0.3, -0.25) is 0 Å². The fourth-order valence-corrected chi connectivity index (χ4v) is 3.37. The minimum absolute atomic E-state index is 0.153. The highest BCUT2D eigenvalue weighted by Gasteiger charge is 2.27. The summed E-state index contributed by atoms with van der Waals surface area (Å²) < 4.78 is 23.5. The topological polar surface area (TPSA) is 63.4 Å². The van der Waals surface area contributed by atoms with E-state index < -0.39 is 9.84 Å². The molecule has 100 valence electrons. The highest BCUT2D eigenvalue weighted by molar-refractivity contribution is 7.90. The zero-order chi connectivity index (χ0) is 13.3. The van der Waals surface area contributed by atoms with Crippen molar-refractivity contribution < 1.29 is 8.42 Å². The van der Waals surface area contributed by atoms with Gasteiger partial charge in [0.25, 0.3) is 0 Å². The zero-order valence-electron chi connectivity index (χ0n) is 10.8. The summed E-state index contributed by atoms with van der Waals surface area (Å²) in [5.74, 6) is 0.442. The maximum absolute atomic E-state index is 11.8. The van der Waals surface area contributed by atoms with Gasteiger partial charge in [0.05, 0.1) is 10.6 Å². The predicted octanol–water partition coefficient (Wildman–Crippen LogP) is 1.26. The molecule has 18 heavy (non-hydrogen) atoms. The normalized spacial score (nSPS) is 22.2. The van der Waals surface area contributed by atoms with Crippen molar-refractivity contribution in [3.63, 3.8) is 0 Å². The highest BCUT2D eigenvalue weighted by Crippen LogP contribution is 2.30. The first-order valence-corrected chi connectivity index (χ1v) is 8.08. The SMILES string of the molecule is CC(N)C1CCN(c2ccccc2S(C)(=O)=O)C1. The van der Waals surface area contributed by atoms with Crippen molar-refractivity contribution in [3.05, 3.63) is 24.3 Å². The molecule has 0 saturated carbocycles. The fraction of sp³-hybridized carbons (Fsp3) is 0.538. The van der Waals surface area contributed by atoms with Crippen LogP contribution in [0.3, 0.4) is 0 Å². The Balaban J connectivity index is 2.31. The number of hydrogen-bond donors (Lipinski definition) is 1. The fourth-order valence-electron chi connectivity index (χ4n) is 2.47.